The van der Waals surface area contributed by atoms with E-state index in [1.165, 1.54) is 11.3 Å². The van der Waals surface area contributed by atoms with Crippen molar-refractivity contribution in [2.45, 2.75) is 6.10 Å². The maximum atomic E-state index is 10.1. The third kappa shape index (κ3) is 2.41. The lowest BCUT2D eigenvalue weighted by Gasteiger charge is -2.10. The molecule has 0 radical (unpaired) electrons. The second-order valence-electron chi connectivity index (χ2n) is 3.08. The van der Waals surface area contributed by atoms with Crippen LogP contribution >= 0.6 is 50.5 Å². The third-order valence-corrected chi connectivity index (χ3v) is 4.57. The molecule has 0 saturated heterocycles. The van der Waals surface area contributed by atoms with Crippen LogP contribution in [0.15, 0.2) is 28.3 Å². The predicted molar refractivity (Wildman–Crippen MR) is 70.3 cm³/mol. The summed E-state index contributed by atoms with van der Waals surface area (Å²) >= 11 is 16.4. The summed E-state index contributed by atoms with van der Waals surface area (Å²) in [6, 6.07) is 5.06. The molecule has 1 atom stereocenters. The maximum Gasteiger partial charge on any atom is 0.123 e. The van der Waals surface area contributed by atoms with Crippen LogP contribution in [0.1, 0.15) is 16.5 Å². The number of aliphatic hydroxyl groups excluding tert-OH is 1. The number of halogens is 3. The zero-order valence-corrected chi connectivity index (χ0v) is 11.7. The van der Waals surface area contributed by atoms with Crippen LogP contribution in [-0.4, -0.2) is 10.1 Å². The van der Waals surface area contributed by atoms with Gasteiger partial charge in [0.15, 0.2) is 0 Å². The summed E-state index contributed by atoms with van der Waals surface area (Å²) in [4.78, 5) is 4.77. The Balaban J connectivity index is 2.38. The van der Waals surface area contributed by atoms with E-state index in [-0.39, 0.29) is 0 Å². The predicted octanol–water partition coefficient (Wildman–Crippen LogP) is 4.29. The van der Waals surface area contributed by atoms with Crippen LogP contribution in [-0.2, 0) is 0 Å². The highest BCUT2D eigenvalue weighted by atomic mass is 79.9. The van der Waals surface area contributed by atoms with Crippen molar-refractivity contribution in [1.82, 2.24) is 4.98 Å². The van der Waals surface area contributed by atoms with Gasteiger partial charge < -0.3 is 5.11 Å². The Morgan fingerprint density at radius 1 is 1.31 bits per heavy atom. The van der Waals surface area contributed by atoms with E-state index in [0.717, 1.165) is 4.88 Å². The Kier molecular flexibility index (Phi) is 3.87. The Labute approximate surface area is 115 Å². The van der Waals surface area contributed by atoms with Crippen molar-refractivity contribution >= 4 is 50.5 Å². The van der Waals surface area contributed by atoms with E-state index in [0.29, 0.717) is 20.2 Å². The lowest BCUT2D eigenvalue weighted by Crippen LogP contribution is -1.98. The van der Waals surface area contributed by atoms with Gasteiger partial charge in [-0.2, -0.15) is 0 Å². The Bertz CT molecular complexity index is 517. The molecule has 1 N–H and O–H groups in total. The van der Waals surface area contributed by atoms with Gasteiger partial charge in [-0.3, -0.25) is 0 Å². The summed E-state index contributed by atoms with van der Waals surface area (Å²) in [5, 5.41) is 11.0. The molecule has 0 aliphatic rings. The largest absolute Gasteiger partial charge is 0.383 e. The van der Waals surface area contributed by atoms with E-state index in [4.69, 9.17) is 23.2 Å². The van der Waals surface area contributed by atoms with Gasteiger partial charge in [0, 0.05) is 0 Å². The molecule has 2 rings (SSSR count). The molecule has 2 nitrogen and oxygen atoms in total. The van der Waals surface area contributed by atoms with Gasteiger partial charge in [0.05, 0.1) is 20.4 Å². The summed E-state index contributed by atoms with van der Waals surface area (Å²) in [5.74, 6) is 0. The Morgan fingerprint density at radius 2 is 2.06 bits per heavy atom. The third-order valence-electron chi connectivity index (χ3n) is 2.06. The summed E-state index contributed by atoms with van der Waals surface area (Å²) < 4.78 is 0.649. The standard InChI is InChI=1S/C10H6BrCl2NOS/c11-10-9(16-4-14-10)8(15)5-1-2-6(12)7(13)3-5/h1-4,8,15H. The van der Waals surface area contributed by atoms with Crippen LogP contribution < -0.4 is 0 Å². The first-order valence-corrected chi connectivity index (χ1v) is 6.74. The fourth-order valence-electron chi connectivity index (χ4n) is 1.25. The van der Waals surface area contributed by atoms with E-state index < -0.39 is 6.10 Å². The smallest absolute Gasteiger partial charge is 0.123 e. The van der Waals surface area contributed by atoms with Crippen molar-refractivity contribution in [2.75, 3.05) is 0 Å². The fourth-order valence-corrected chi connectivity index (χ4v) is 2.98. The molecule has 0 aliphatic heterocycles. The van der Waals surface area contributed by atoms with Crippen LogP contribution in [0.4, 0.5) is 0 Å². The van der Waals surface area contributed by atoms with Gasteiger partial charge in [-0.15, -0.1) is 11.3 Å². The molecular formula is C10H6BrCl2NOS. The van der Waals surface area contributed by atoms with E-state index in [2.05, 4.69) is 20.9 Å². The number of hydrogen-bond acceptors (Lipinski definition) is 3. The van der Waals surface area contributed by atoms with E-state index in [1.807, 2.05) is 0 Å². The minimum Gasteiger partial charge on any atom is -0.383 e. The molecule has 1 heterocycles. The number of thiazole rings is 1. The van der Waals surface area contributed by atoms with Gasteiger partial charge in [-0.25, -0.2) is 4.98 Å². The average Bonchev–Trinajstić information content (AvgIpc) is 2.67. The Morgan fingerprint density at radius 3 is 2.62 bits per heavy atom. The van der Waals surface area contributed by atoms with Crippen LogP contribution in [0.5, 0.6) is 0 Å². The van der Waals surface area contributed by atoms with Crippen molar-refractivity contribution in [3.63, 3.8) is 0 Å². The molecular weight excluding hydrogens is 333 g/mol. The number of aliphatic hydroxyl groups is 1. The van der Waals surface area contributed by atoms with Crippen LogP contribution in [0.2, 0.25) is 10.0 Å². The van der Waals surface area contributed by atoms with E-state index >= 15 is 0 Å². The fraction of sp³-hybridized carbons (Fsp3) is 0.100. The molecule has 84 valence electrons. The summed E-state index contributed by atoms with van der Waals surface area (Å²) in [7, 11) is 0. The molecule has 0 amide bonds. The number of hydrogen-bond donors (Lipinski definition) is 1. The first kappa shape index (κ1) is 12.3. The highest BCUT2D eigenvalue weighted by Gasteiger charge is 2.16. The molecule has 0 bridgehead atoms. The first-order chi connectivity index (χ1) is 7.59. The van der Waals surface area contributed by atoms with Crippen molar-refractivity contribution in [1.29, 1.82) is 0 Å². The average molecular weight is 339 g/mol. The van der Waals surface area contributed by atoms with Gasteiger partial charge in [0.25, 0.3) is 0 Å². The van der Waals surface area contributed by atoms with Crippen molar-refractivity contribution in [3.05, 3.63) is 48.8 Å². The maximum absolute atomic E-state index is 10.1. The molecule has 0 fully saturated rings. The quantitative estimate of drug-likeness (QED) is 0.885. The van der Waals surface area contributed by atoms with Gasteiger partial charge >= 0.3 is 0 Å². The van der Waals surface area contributed by atoms with Gasteiger partial charge in [0.1, 0.15) is 10.7 Å². The highest BCUT2D eigenvalue weighted by molar-refractivity contribution is 9.10. The summed E-state index contributed by atoms with van der Waals surface area (Å²) in [6.07, 6.45) is -0.739. The van der Waals surface area contributed by atoms with Crippen LogP contribution in [0, 0.1) is 0 Å². The summed E-state index contributed by atoms with van der Waals surface area (Å²) in [5.41, 5.74) is 2.36. The normalized spacial score (nSPS) is 12.8. The molecule has 1 unspecified atom stereocenters. The monoisotopic (exact) mass is 337 g/mol. The van der Waals surface area contributed by atoms with Crippen molar-refractivity contribution in [2.24, 2.45) is 0 Å². The zero-order valence-electron chi connectivity index (χ0n) is 7.82. The topological polar surface area (TPSA) is 33.1 Å². The van der Waals surface area contributed by atoms with Crippen molar-refractivity contribution in [3.8, 4) is 0 Å². The zero-order chi connectivity index (χ0) is 11.7. The van der Waals surface area contributed by atoms with Gasteiger partial charge in [-0.1, -0.05) is 29.3 Å². The minimum absolute atomic E-state index is 0.429. The van der Waals surface area contributed by atoms with Crippen LogP contribution in [0.25, 0.3) is 0 Å². The lowest BCUT2D eigenvalue weighted by atomic mass is 10.1. The first-order valence-electron chi connectivity index (χ1n) is 4.31. The molecule has 16 heavy (non-hydrogen) atoms. The van der Waals surface area contributed by atoms with Gasteiger partial charge in [-0.05, 0) is 33.6 Å². The number of benzene rings is 1. The van der Waals surface area contributed by atoms with Crippen LogP contribution in [0.3, 0.4) is 0 Å². The number of rotatable bonds is 2. The van der Waals surface area contributed by atoms with E-state index in [1.54, 1.807) is 23.7 Å². The molecule has 0 spiro atoms. The molecule has 0 aliphatic carbocycles. The lowest BCUT2D eigenvalue weighted by molar-refractivity contribution is 0.223. The highest BCUT2D eigenvalue weighted by Crippen LogP contribution is 2.33. The molecule has 6 heteroatoms. The van der Waals surface area contributed by atoms with Crippen molar-refractivity contribution < 1.29 is 5.11 Å². The molecule has 1 aromatic carbocycles. The number of nitrogens with zero attached hydrogens (tertiary/aromatic N) is 1. The molecule has 2 aromatic rings. The summed E-state index contributed by atoms with van der Waals surface area (Å²) in [6.45, 7) is 0. The SMILES string of the molecule is OC(c1ccc(Cl)c(Cl)c1)c1scnc1Br. The second kappa shape index (κ2) is 5.02. The minimum atomic E-state index is -0.739. The molecule has 1 aromatic heterocycles. The second-order valence-corrected chi connectivity index (χ2v) is 5.54. The Hall–Kier alpha value is -0.130. The molecule has 0 saturated carbocycles. The van der Waals surface area contributed by atoms with Gasteiger partial charge in [0.2, 0.25) is 0 Å². The number of aromatic nitrogens is 1. The van der Waals surface area contributed by atoms with E-state index in [9.17, 15) is 5.11 Å².